The molecule has 0 unspecified atom stereocenters. The maximum absolute atomic E-state index is 2.32. The molecule has 22 heavy (non-hydrogen) atoms. The monoisotopic (exact) mass is 372 g/mol. The van der Waals surface area contributed by atoms with Crippen LogP contribution < -0.4 is 0 Å². The first kappa shape index (κ1) is 19.0. The van der Waals surface area contributed by atoms with Gasteiger partial charge in [0.05, 0.1) is 8.47 Å². The zero-order valence-electron chi connectivity index (χ0n) is 14.9. The predicted molar refractivity (Wildman–Crippen MR) is 111 cm³/mol. The third kappa shape index (κ3) is 3.99. The van der Waals surface area contributed by atoms with E-state index in [-0.39, 0.29) is 0 Å². The highest BCUT2D eigenvalue weighted by molar-refractivity contribution is 8.34. The van der Waals surface area contributed by atoms with Gasteiger partial charge in [0.1, 0.15) is 0 Å². The van der Waals surface area contributed by atoms with E-state index in [1.54, 1.807) is 19.6 Å². The van der Waals surface area contributed by atoms with Crippen molar-refractivity contribution >= 4 is 47.0 Å². The number of thioether (sulfide) groups is 4. The Bertz CT molecular complexity index is 441. The quantitative estimate of drug-likeness (QED) is 0.488. The van der Waals surface area contributed by atoms with Crippen LogP contribution in [0.4, 0.5) is 0 Å². The normalized spacial score (nSPS) is 20.2. The van der Waals surface area contributed by atoms with Crippen molar-refractivity contribution in [2.75, 3.05) is 0 Å². The summed E-state index contributed by atoms with van der Waals surface area (Å²) in [7, 11) is 0. The first-order valence-electron chi connectivity index (χ1n) is 8.16. The summed E-state index contributed by atoms with van der Waals surface area (Å²) in [5.41, 5.74) is 0. The molecule has 0 radical (unpaired) electrons. The predicted octanol–water partition coefficient (Wildman–Crippen LogP) is 8.12. The van der Waals surface area contributed by atoms with E-state index in [1.165, 1.54) is 8.47 Å². The van der Waals surface area contributed by atoms with Crippen LogP contribution in [0.25, 0.3) is 0 Å². The van der Waals surface area contributed by atoms with Gasteiger partial charge in [-0.15, -0.1) is 0 Å². The second-order valence-electron chi connectivity index (χ2n) is 7.06. The van der Waals surface area contributed by atoms with Crippen molar-refractivity contribution in [2.45, 2.75) is 55.4 Å². The maximum atomic E-state index is 2.32. The van der Waals surface area contributed by atoms with Crippen molar-refractivity contribution in [3.8, 4) is 0 Å². The molecule has 0 saturated heterocycles. The molecule has 2 aliphatic rings. The van der Waals surface area contributed by atoms with Gasteiger partial charge in [-0.05, 0) is 23.7 Å². The Labute approximate surface area is 153 Å². The number of allylic oxidation sites excluding steroid dienone is 4. The summed E-state index contributed by atoms with van der Waals surface area (Å²) in [6.45, 7) is 18.6. The minimum Gasteiger partial charge on any atom is -0.0843 e. The molecule has 0 aromatic heterocycles. The van der Waals surface area contributed by atoms with Crippen molar-refractivity contribution in [1.29, 1.82) is 0 Å². The fraction of sp³-hybridized carbons (Fsp3) is 0.667. The Morgan fingerprint density at radius 2 is 0.591 bits per heavy atom. The SMILES string of the molecule is CC(C)C1=C(C(C)C)SC(=C2SC(C(C)C)=C(C(C)C)S2)S1. The smallest absolute Gasteiger partial charge is 0.0700 e. The van der Waals surface area contributed by atoms with Crippen LogP contribution in [0.2, 0.25) is 0 Å². The summed E-state index contributed by atoms with van der Waals surface area (Å²) < 4.78 is 3.05. The Hall–Kier alpha value is 0.620. The van der Waals surface area contributed by atoms with Crippen LogP contribution >= 0.6 is 47.0 Å². The van der Waals surface area contributed by atoms with Crippen LogP contribution in [0.5, 0.6) is 0 Å². The van der Waals surface area contributed by atoms with E-state index >= 15 is 0 Å². The maximum Gasteiger partial charge on any atom is 0.0700 e. The fourth-order valence-electron chi connectivity index (χ4n) is 2.42. The molecule has 4 heteroatoms. The summed E-state index contributed by atoms with van der Waals surface area (Å²) in [4.78, 5) is 6.36. The fourth-order valence-corrected chi connectivity index (χ4v) is 8.75. The molecular weight excluding hydrogens is 344 g/mol. The van der Waals surface area contributed by atoms with E-state index in [4.69, 9.17) is 0 Å². The standard InChI is InChI=1S/C18H28S4/c1-9(2)13-14(10(3)4)20-17(19-13)18-21-15(11(5)6)16(22-18)12(7)8/h9-12H,1-8H3. The Kier molecular flexibility index (Phi) is 6.61. The van der Waals surface area contributed by atoms with Crippen molar-refractivity contribution < 1.29 is 0 Å². The van der Waals surface area contributed by atoms with Crippen molar-refractivity contribution in [1.82, 2.24) is 0 Å². The first-order valence-corrected chi connectivity index (χ1v) is 11.4. The molecular formula is C18H28S4. The molecule has 2 aliphatic heterocycles. The molecule has 0 N–H and O–H groups in total. The van der Waals surface area contributed by atoms with E-state index in [1.807, 2.05) is 47.0 Å². The Morgan fingerprint density at radius 1 is 0.409 bits per heavy atom. The third-order valence-electron chi connectivity index (χ3n) is 3.56. The molecule has 0 aromatic carbocycles. The highest BCUT2D eigenvalue weighted by atomic mass is 32.2. The summed E-state index contributed by atoms with van der Waals surface area (Å²) in [6.07, 6.45) is 0. The minimum atomic E-state index is 0.631. The van der Waals surface area contributed by atoms with Gasteiger partial charge in [0.15, 0.2) is 0 Å². The van der Waals surface area contributed by atoms with Crippen molar-refractivity contribution in [3.05, 3.63) is 28.1 Å². The lowest BCUT2D eigenvalue weighted by Crippen LogP contribution is -1.95. The van der Waals surface area contributed by atoms with Crippen LogP contribution in [0.15, 0.2) is 28.1 Å². The molecule has 0 nitrogen and oxygen atoms in total. The second-order valence-corrected chi connectivity index (χ2v) is 11.8. The van der Waals surface area contributed by atoms with E-state index in [2.05, 4.69) is 55.4 Å². The molecule has 0 spiro atoms. The molecule has 0 amide bonds. The van der Waals surface area contributed by atoms with Crippen LogP contribution in [0, 0.1) is 23.7 Å². The second kappa shape index (κ2) is 7.67. The minimum absolute atomic E-state index is 0.631. The highest BCUT2D eigenvalue weighted by Crippen LogP contribution is 2.63. The lowest BCUT2D eigenvalue weighted by Gasteiger charge is -2.10. The van der Waals surface area contributed by atoms with Gasteiger partial charge in [0.2, 0.25) is 0 Å². The first-order chi connectivity index (χ1) is 10.2. The van der Waals surface area contributed by atoms with Crippen LogP contribution in [0.1, 0.15) is 55.4 Å². The summed E-state index contributed by atoms with van der Waals surface area (Å²) >= 11 is 8.14. The molecule has 2 heterocycles. The number of hydrogen-bond donors (Lipinski definition) is 0. The van der Waals surface area contributed by atoms with E-state index < -0.39 is 0 Å². The van der Waals surface area contributed by atoms with Gasteiger partial charge in [0.25, 0.3) is 0 Å². The Morgan fingerprint density at radius 3 is 0.727 bits per heavy atom. The Balaban J connectivity index is 2.27. The molecule has 124 valence electrons. The van der Waals surface area contributed by atoms with Crippen molar-refractivity contribution in [2.24, 2.45) is 23.7 Å². The lowest BCUT2D eigenvalue weighted by molar-refractivity contribution is 0.760. The van der Waals surface area contributed by atoms with Gasteiger partial charge in [0, 0.05) is 19.6 Å². The summed E-state index contributed by atoms with van der Waals surface area (Å²) in [5.74, 6) is 2.52. The van der Waals surface area contributed by atoms with E-state index in [0.717, 1.165) is 0 Å². The molecule has 0 bridgehead atoms. The average Bonchev–Trinajstić information content (AvgIpc) is 3.02. The van der Waals surface area contributed by atoms with Gasteiger partial charge in [-0.2, -0.15) is 0 Å². The van der Waals surface area contributed by atoms with Crippen LogP contribution in [0.3, 0.4) is 0 Å². The van der Waals surface area contributed by atoms with Crippen LogP contribution in [-0.2, 0) is 0 Å². The molecule has 0 saturated carbocycles. The highest BCUT2D eigenvalue weighted by Gasteiger charge is 2.32. The van der Waals surface area contributed by atoms with Crippen molar-refractivity contribution in [3.63, 3.8) is 0 Å². The topological polar surface area (TPSA) is 0 Å². The van der Waals surface area contributed by atoms with E-state index in [9.17, 15) is 0 Å². The summed E-state index contributed by atoms with van der Waals surface area (Å²) in [5, 5.41) is 0. The molecule has 2 rings (SSSR count). The average molecular weight is 373 g/mol. The molecule has 0 fully saturated rings. The lowest BCUT2D eigenvalue weighted by atomic mass is 10.1. The van der Waals surface area contributed by atoms with E-state index in [0.29, 0.717) is 23.7 Å². The summed E-state index contributed by atoms with van der Waals surface area (Å²) in [6, 6.07) is 0. The number of hydrogen-bond acceptors (Lipinski definition) is 4. The van der Waals surface area contributed by atoms with Gasteiger partial charge < -0.3 is 0 Å². The number of rotatable bonds is 4. The molecule has 0 aliphatic carbocycles. The zero-order valence-corrected chi connectivity index (χ0v) is 18.2. The van der Waals surface area contributed by atoms with Gasteiger partial charge in [-0.25, -0.2) is 0 Å². The molecule has 0 atom stereocenters. The van der Waals surface area contributed by atoms with Gasteiger partial charge in [-0.1, -0.05) is 102 Å². The third-order valence-corrected chi connectivity index (χ3v) is 10.5. The van der Waals surface area contributed by atoms with Crippen LogP contribution in [-0.4, -0.2) is 0 Å². The van der Waals surface area contributed by atoms with Gasteiger partial charge >= 0.3 is 0 Å². The zero-order chi connectivity index (χ0) is 16.6. The largest absolute Gasteiger partial charge is 0.0843 e. The molecule has 0 aromatic rings. The van der Waals surface area contributed by atoms with Gasteiger partial charge in [-0.3, -0.25) is 0 Å².